The van der Waals surface area contributed by atoms with Gasteiger partial charge in [-0.15, -0.1) is 0 Å². The molecule has 3 N–H and O–H groups in total. The molecule has 2 aromatic carbocycles. The fourth-order valence-corrected chi connectivity index (χ4v) is 2.36. The van der Waals surface area contributed by atoms with Gasteiger partial charge in [0.15, 0.2) is 0 Å². The molecule has 0 aliphatic rings. The lowest BCUT2D eigenvalue weighted by Gasteiger charge is -2.01. The van der Waals surface area contributed by atoms with Crippen molar-refractivity contribution in [2.45, 2.75) is 6.54 Å². The Morgan fingerprint density at radius 2 is 2.18 bits per heavy atom. The molecule has 0 saturated heterocycles. The van der Waals surface area contributed by atoms with Crippen LogP contribution in [0.25, 0.3) is 22.3 Å². The number of nitrogens with two attached hydrogens (primary N) is 1. The first-order valence-electron chi connectivity index (χ1n) is 7.27. The Bertz CT molecular complexity index is 905. The van der Waals surface area contributed by atoms with Gasteiger partial charge in [0, 0.05) is 17.5 Å². The summed E-state index contributed by atoms with van der Waals surface area (Å²) in [4.78, 5) is 11.4. The molecule has 0 aliphatic heterocycles. The van der Waals surface area contributed by atoms with Crippen LogP contribution in [0.2, 0.25) is 0 Å². The summed E-state index contributed by atoms with van der Waals surface area (Å²) in [5, 5.41) is 3.46. The van der Waals surface area contributed by atoms with Crippen molar-refractivity contribution >= 4 is 16.9 Å². The third kappa shape index (κ3) is 2.58. The molecule has 1 heterocycles. The highest BCUT2D eigenvalue weighted by atomic mass is 19.1. The van der Waals surface area contributed by atoms with Crippen LogP contribution in [-0.2, 0) is 6.54 Å². The lowest BCUT2D eigenvalue weighted by Crippen LogP contribution is -2.11. The highest BCUT2D eigenvalue weighted by Gasteiger charge is 2.15. The standard InChI is InChI=1S/C17H15FN2O2/c1-20-9-10-2-4-11(5-3-10)15-7-12-6-13(18)8-14(17(19)21)16(12)22-15/h2-8,20H,9H2,1H3,(H2,19,21)/i4D. The predicted molar refractivity (Wildman–Crippen MR) is 82.9 cm³/mol. The third-order valence-electron chi connectivity index (χ3n) is 3.37. The highest BCUT2D eigenvalue weighted by molar-refractivity contribution is 6.04. The predicted octanol–water partition coefficient (Wildman–Crippen LogP) is 3.06. The van der Waals surface area contributed by atoms with Gasteiger partial charge in [0.2, 0.25) is 0 Å². The van der Waals surface area contributed by atoms with Gasteiger partial charge in [0.25, 0.3) is 5.91 Å². The highest BCUT2D eigenvalue weighted by Crippen LogP contribution is 2.30. The molecule has 0 saturated carbocycles. The molecule has 0 bridgehead atoms. The van der Waals surface area contributed by atoms with Crippen LogP contribution in [0, 0.1) is 5.82 Å². The van der Waals surface area contributed by atoms with Gasteiger partial charge in [-0.25, -0.2) is 4.39 Å². The fourth-order valence-electron chi connectivity index (χ4n) is 2.36. The van der Waals surface area contributed by atoms with Gasteiger partial charge in [0.05, 0.1) is 6.93 Å². The van der Waals surface area contributed by atoms with Gasteiger partial charge in [-0.2, -0.15) is 0 Å². The second kappa shape index (κ2) is 5.61. The number of nitrogens with one attached hydrogen (secondary N) is 1. The number of rotatable bonds is 4. The zero-order valence-electron chi connectivity index (χ0n) is 12.9. The summed E-state index contributed by atoms with van der Waals surface area (Å²) in [5.74, 6) is -0.922. The second-order valence-electron chi connectivity index (χ2n) is 4.99. The number of benzene rings is 2. The van der Waals surface area contributed by atoms with Crippen molar-refractivity contribution in [2.24, 2.45) is 5.73 Å². The molecule has 0 spiro atoms. The smallest absolute Gasteiger partial charge is 0.252 e. The van der Waals surface area contributed by atoms with Crippen LogP contribution in [0.4, 0.5) is 4.39 Å². The van der Waals surface area contributed by atoms with Gasteiger partial charge >= 0.3 is 0 Å². The molecule has 22 heavy (non-hydrogen) atoms. The molecule has 112 valence electrons. The van der Waals surface area contributed by atoms with Crippen molar-refractivity contribution in [3.63, 3.8) is 0 Å². The van der Waals surface area contributed by atoms with Crippen LogP contribution in [0.3, 0.4) is 0 Å². The maximum absolute atomic E-state index is 13.6. The van der Waals surface area contributed by atoms with Crippen LogP contribution in [0.1, 0.15) is 17.3 Å². The molecular formula is C17H15FN2O2. The van der Waals surface area contributed by atoms with Crippen molar-refractivity contribution in [3.8, 4) is 11.3 Å². The molecular weight excluding hydrogens is 283 g/mol. The number of fused-ring (bicyclic) bond motifs is 1. The summed E-state index contributed by atoms with van der Waals surface area (Å²) >= 11 is 0. The maximum Gasteiger partial charge on any atom is 0.252 e. The molecule has 1 aromatic heterocycles. The quantitative estimate of drug-likeness (QED) is 0.778. The number of carbonyl (C=O) groups is 1. The van der Waals surface area contributed by atoms with Gasteiger partial charge < -0.3 is 15.5 Å². The summed E-state index contributed by atoms with van der Waals surface area (Å²) in [5.41, 5.74) is 7.03. The summed E-state index contributed by atoms with van der Waals surface area (Å²) in [6, 6.07) is 9.60. The van der Waals surface area contributed by atoms with Crippen molar-refractivity contribution in [3.05, 3.63) is 59.4 Å². The molecule has 0 radical (unpaired) electrons. The monoisotopic (exact) mass is 299 g/mol. The minimum atomic E-state index is -0.758. The van der Waals surface area contributed by atoms with Gasteiger partial charge in [-0.1, -0.05) is 24.2 Å². The average molecular weight is 299 g/mol. The fraction of sp³-hybridized carbons (Fsp3) is 0.118. The van der Waals surface area contributed by atoms with Crippen LogP contribution < -0.4 is 11.1 Å². The van der Waals surface area contributed by atoms with Crippen molar-refractivity contribution in [1.82, 2.24) is 5.32 Å². The molecule has 0 unspecified atom stereocenters. The van der Waals surface area contributed by atoms with Crippen molar-refractivity contribution in [2.75, 3.05) is 7.05 Å². The number of carbonyl (C=O) groups excluding carboxylic acids is 1. The van der Waals surface area contributed by atoms with E-state index in [4.69, 9.17) is 11.5 Å². The van der Waals surface area contributed by atoms with E-state index in [-0.39, 0.29) is 17.2 Å². The maximum atomic E-state index is 13.6. The van der Waals surface area contributed by atoms with Crippen molar-refractivity contribution in [1.29, 1.82) is 0 Å². The largest absolute Gasteiger partial charge is 0.455 e. The Hall–Kier alpha value is -2.66. The van der Waals surface area contributed by atoms with E-state index in [2.05, 4.69) is 5.32 Å². The Morgan fingerprint density at radius 1 is 1.36 bits per heavy atom. The molecule has 4 nitrogen and oxygen atoms in total. The van der Waals surface area contributed by atoms with E-state index in [0.29, 0.717) is 23.3 Å². The van der Waals surface area contributed by atoms with Gasteiger partial charge in [0.1, 0.15) is 17.2 Å². The Kier molecular flexibility index (Phi) is 3.33. The number of halogens is 1. The van der Waals surface area contributed by atoms with Crippen LogP contribution in [0.5, 0.6) is 0 Å². The Labute approximate surface area is 128 Å². The van der Waals surface area contributed by atoms with Gasteiger partial charge in [-0.3, -0.25) is 4.79 Å². The molecule has 3 aromatic rings. The van der Waals surface area contributed by atoms with E-state index < -0.39 is 11.7 Å². The number of hydrogen-bond donors (Lipinski definition) is 2. The van der Waals surface area contributed by atoms with E-state index in [9.17, 15) is 9.18 Å². The Morgan fingerprint density at radius 3 is 2.86 bits per heavy atom. The zero-order chi connectivity index (χ0) is 16.6. The summed E-state index contributed by atoms with van der Waals surface area (Å²) in [6.07, 6.45) is 0. The normalized spacial score (nSPS) is 11.6. The Balaban J connectivity index is 2.14. The lowest BCUT2D eigenvalue weighted by atomic mass is 10.1. The number of hydrogen-bond acceptors (Lipinski definition) is 3. The van der Waals surface area contributed by atoms with E-state index in [1.165, 1.54) is 6.07 Å². The van der Waals surface area contributed by atoms with Crippen molar-refractivity contribution < 1.29 is 15.0 Å². The molecule has 0 aliphatic carbocycles. The molecule has 0 atom stereocenters. The summed E-state index contributed by atoms with van der Waals surface area (Å²) in [7, 11) is 1.83. The van der Waals surface area contributed by atoms with Crippen LogP contribution in [-0.4, -0.2) is 13.0 Å². The summed E-state index contributed by atoms with van der Waals surface area (Å²) in [6.45, 7) is 0.656. The number of amides is 1. The first-order valence-corrected chi connectivity index (χ1v) is 6.77. The summed E-state index contributed by atoms with van der Waals surface area (Å²) < 4.78 is 27.4. The zero-order valence-corrected chi connectivity index (χ0v) is 11.9. The van der Waals surface area contributed by atoms with Gasteiger partial charge in [-0.05, 0) is 30.8 Å². The van der Waals surface area contributed by atoms with Crippen LogP contribution in [0.15, 0.2) is 46.9 Å². The average Bonchev–Trinajstić information content (AvgIpc) is 2.89. The molecule has 5 heteroatoms. The number of primary amides is 1. The van der Waals surface area contributed by atoms with Crippen LogP contribution >= 0.6 is 0 Å². The minimum Gasteiger partial charge on any atom is -0.455 e. The third-order valence-corrected chi connectivity index (χ3v) is 3.37. The number of furan rings is 1. The van der Waals surface area contributed by atoms with E-state index in [1.54, 1.807) is 18.2 Å². The lowest BCUT2D eigenvalue weighted by molar-refractivity contribution is 0.100. The molecule has 1 amide bonds. The SMILES string of the molecule is [2H]c1cc(CNC)ccc1-c1cc2cc(F)cc(C(N)=O)c2o1. The first kappa shape index (κ1) is 13.0. The topological polar surface area (TPSA) is 68.3 Å². The van der Waals surface area contributed by atoms with E-state index in [0.717, 1.165) is 11.6 Å². The minimum absolute atomic E-state index is 0.00964. The molecule has 3 rings (SSSR count). The van der Waals surface area contributed by atoms with E-state index in [1.807, 2.05) is 13.1 Å². The second-order valence-corrected chi connectivity index (χ2v) is 4.99. The molecule has 0 fully saturated rings. The van der Waals surface area contributed by atoms with E-state index >= 15 is 0 Å². The first-order chi connectivity index (χ1) is 11.0.